The molecule has 0 radical (unpaired) electrons. The van der Waals surface area contributed by atoms with Gasteiger partial charge in [0.1, 0.15) is 23.2 Å². The molecule has 2 aromatic rings. The summed E-state index contributed by atoms with van der Waals surface area (Å²) in [5, 5.41) is 20.0. The van der Waals surface area contributed by atoms with Crippen molar-refractivity contribution in [3.63, 3.8) is 0 Å². The summed E-state index contributed by atoms with van der Waals surface area (Å²) < 4.78 is 4.58. The van der Waals surface area contributed by atoms with E-state index in [0.29, 0.717) is 17.9 Å². The van der Waals surface area contributed by atoms with E-state index in [1.165, 1.54) is 18.5 Å². The largest absolute Gasteiger partial charge is 0.380 e. The molecule has 0 unspecified atom stereocenters. The highest BCUT2D eigenvalue weighted by molar-refractivity contribution is 6.08. The Morgan fingerprint density at radius 1 is 1.50 bits per heavy atom. The number of carbonyl (C=O) groups excluding carboxylic acids is 1. The summed E-state index contributed by atoms with van der Waals surface area (Å²) in [7, 11) is 0. The first-order valence-corrected chi connectivity index (χ1v) is 5.85. The van der Waals surface area contributed by atoms with Crippen LogP contribution in [0.1, 0.15) is 17.3 Å². The van der Waals surface area contributed by atoms with E-state index in [9.17, 15) is 14.9 Å². The number of anilines is 2. The Kier molecular flexibility index (Phi) is 3.94. The second-order valence-corrected chi connectivity index (χ2v) is 3.86. The molecule has 0 spiro atoms. The van der Waals surface area contributed by atoms with Gasteiger partial charge in [0, 0.05) is 6.54 Å². The van der Waals surface area contributed by atoms with Crippen molar-refractivity contribution in [1.82, 2.24) is 5.16 Å². The number of aromatic nitrogens is 1. The van der Waals surface area contributed by atoms with Crippen molar-refractivity contribution < 1.29 is 14.2 Å². The number of hydrogen-bond acceptors (Lipinski definition) is 6. The molecule has 0 aliphatic heterocycles. The van der Waals surface area contributed by atoms with Gasteiger partial charge in [0.25, 0.3) is 5.91 Å². The molecule has 0 saturated carbocycles. The van der Waals surface area contributed by atoms with Gasteiger partial charge >= 0.3 is 5.69 Å². The normalized spacial score (nSPS) is 10.1. The van der Waals surface area contributed by atoms with Crippen LogP contribution in [0.2, 0.25) is 0 Å². The fourth-order valence-electron chi connectivity index (χ4n) is 1.72. The van der Waals surface area contributed by atoms with Crippen molar-refractivity contribution in [3.05, 3.63) is 46.3 Å². The molecule has 0 aliphatic carbocycles. The Balaban J connectivity index is 2.37. The Labute approximate surface area is 113 Å². The second kappa shape index (κ2) is 5.83. The van der Waals surface area contributed by atoms with Crippen LogP contribution in [0.25, 0.3) is 0 Å². The fraction of sp³-hybridized carbons (Fsp3) is 0.167. The molecule has 1 aromatic carbocycles. The van der Waals surface area contributed by atoms with E-state index in [1.807, 2.05) is 6.92 Å². The van der Waals surface area contributed by atoms with Gasteiger partial charge in [-0.2, -0.15) is 0 Å². The van der Waals surface area contributed by atoms with Crippen LogP contribution >= 0.6 is 0 Å². The smallest absolute Gasteiger partial charge is 0.305 e. The maximum atomic E-state index is 12.1. The lowest BCUT2D eigenvalue weighted by atomic mass is 10.1. The molecule has 0 fully saturated rings. The number of benzene rings is 1. The van der Waals surface area contributed by atoms with E-state index in [1.54, 1.807) is 12.1 Å². The molecule has 8 nitrogen and oxygen atoms in total. The average molecular weight is 276 g/mol. The molecule has 0 aliphatic rings. The van der Waals surface area contributed by atoms with Gasteiger partial charge in [-0.25, -0.2) is 0 Å². The van der Waals surface area contributed by atoms with Crippen LogP contribution in [0.15, 0.2) is 35.2 Å². The number of rotatable bonds is 5. The molecule has 104 valence electrons. The van der Waals surface area contributed by atoms with Crippen molar-refractivity contribution in [1.29, 1.82) is 0 Å². The van der Waals surface area contributed by atoms with Crippen LogP contribution in [0.3, 0.4) is 0 Å². The predicted octanol–water partition coefficient (Wildman–Crippen LogP) is 2.27. The molecule has 1 heterocycles. The maximum Gasteiger partial charge on any atom is 0.305 e. The molecule has 2 N–H and O–H groups in total. The van der Waals surface area contributed by atoms with Crippen molar-refractivity contribution in [3.8, 4) is 0 Å². The number of nitrogens with one attached hydrogen (secondary N) is 2. The Morgan fingerprint density at radius 3 is 2.90 bits per heavy atom. The van der Waals surface area contributed by atoms with Crippen LogP contribution in [-0.4, -0.2) is 22.5 Å². The first kappa shape index (κ1) is 13.5. The van der Waals surface area contributed by atoms with Crippen molar-refractivity contribution in [2.24, 2.45) is 0 Å². The zero-order valence-corrected chi connectivity index (χ0v) is 10.6. The lowest BCUT2D eigenvalue weighted by molar-refractivity contribution is -0.384. The van der Waals surface area contributed by atoms with Crippen LogP contribution in [0.5, 0.6) is 0 Å². The SMILES string of the molecule is CCNc1cccc(C(=O)Nc2cnoc2)c1[N+](=O)[O-]. The highest BCUT2D eigenvalue weighted by Gasteiger charge is 2.24. The lowest BCUT2D eigenvalue weighted by Crippen LogP contribution is -2.15. The van der Waals surface area contributed by atoms with Gasteiger partial charge in [-0.15, -0.1) is 0 Å². The average Bonchev–Trinajstić information content (AvgIpc) is 2.91. The third-order valence-corrected chi connectivity index (χ3v) is 2.52. The van der Waals surface area contributed by atoms with Gasteiger partial charge in [0.05, 0.1) is 11.1 Å². The van der Waals surface area contributed by atoms with Gasteiger partial charge in [-0.1, -0.05) is 11.2 Å². The third kappa shape index (κ3) is 2.74. The molecule has 0 atom stereocenters. The summed E-state index contributed by atoms with van der Waals surface area (Å²) in [6.07, 6.45) is 2.54. The number of carbonyl (C=O) groups is 1. The van der Waals surface area contributed by atoms with Crippen LogP contribution in [-0.2, 0) is 0 Å². The third-order valence-electron chi connectivity index (χ3n) is 2.52. The van der Waals surface area contributed by atoms with E-state index < -0.39 is 10.8 Å². The Morgan fingerprint density at radius 2 is 2.30 bits per heavy atom. The van der Waals surface area contributed by atoms with E-state index in [0.717, 1.165) is 0 Å². The van der Waals surface area contributed by atoms with E-state index in [2.05, 4.69) is 20.3 Å². The van der Waals surface area contributed by atoms with E-state index in [-0.39, 0.29) is 11.3 Å². The Hall–Kier alpha value is -2.90. The van der Waals surface area contributed by atoms with Gasteiger partial charge in [0.2, 0.25) is 0 Å². The van der Waals surface area contributed by atoms with Gasteiger partial charge < -0.3 is 15.2 Å². The highest BCUT2D eigenvalue weighted by atomic mass is 16.6. The van der Waals surface area contributed by atoms with Gasteiger partial charge in [-0.05, 0) is 19.1 Å². The number of nitro benzene ring substituents is 1. The quantitative estimate of drug-likeness (QED) is 0.640. The highest BCUT2D eigenvalue weighted by Crippen LogP contribution is 2.29. The zero-order valence-electron chi connectivity index (χ0n) is 10.6. The molecule has 8 heteroatoms. The summed E-state index contributed by atoms with van der Waals surface area (Å²) in [6, 6.07) is 4.52. The Bertz CT molecular complexity index is 624. The topological polar surface area (TPSA) is 110 Å². The van der Waals surface area contributed by atoms with E-state index in [4.69, 9.17) is 0 Å². The van der Waals surface area contributed by atoms with Crippen molar-refractivity contribution in [2.45, 2.75) is 6.92 Å². The molecular weight excluding hydrogens is 264 g/mol. The lowest BCUT2D eigenvalue weighted by Gasteiger charge is -2.08. The van der Waals surface area contributed by atoms with Crippen LogP contribution in [0, 0.1) is 10.1 Å². The molecule has 2 rings (SSSR count). The summed E-state index contributed by atoms with van der Waals surface area (Å²) >= 11 is 0. The van der Waals surface area contributed by atoms with Crippen molar-refractivity contribution in [2.75, 3.05) is 17.2 Å². The molecule has 20 heavy (non-hydrogen) atoms. The fourth-order valence-corrected chi connectivity index (χ4v) is 1.72. The molecule has 0 saturated heterocycles. The minimum Gasteiger partial charge on any atom is -0.380 e. The predicted molar refractivity (Wildman–Crippen MR) is 71.7 cm³/mol. The number of nitrogens with zero attached hydrogens (tertiary/aromatic N) is 2. The van der Waals surface area contributed by atoms with Crippen LogP contribution in [0.4, 0.5) is 17.1 Å². The summed E-state index contributed by atoms with van der Waals surface area (Å²) in [6.45, 7) is 2.32. The summed E-state index contributed by atoms with van der Waals surface area (Å²) in [5.74, 6) is -0.598. The molecule has 0 bridgehead atoms. The van der Waals surface area contributed by atoms with Gasteiger partial charge in [-0.3, -0.25) is 14.9 Å². The first-order valence-electron chi connectivity index (χ1n) is 5.85. The maximum absolute atomic E-state index is 12.1. The number of para-hydroxylation sites is 1. The summed E-state index contributed by atoms with van der Waals surface area (Å²) in [4.78, 5) is 22.7. The van der Waals surface area contributed by atoms with Gasteiger partial charge in [0.15, 0.2) is 0 Å². The molecular formula is C12H12N4O4. The monoisotopic (exact) mass is 276 g/mol. The molecule has 1 amide bonds. The van der Waals surface area contributed by atoms with Crippen LogP contribution < -0.4 is 10.6 Å². The minimum atomic E-state index is -0.598. The number of nitro groups is 1. The standard InChI is InChI=1S/C12H12N4O4/c1-2-13-10-5-3-4-9(11(10)16(18)19)12(17)15-8-6-14-20-7-8/h3-7,13H,2H2,1H3,(H,15,17). The first-order chi connectivity index (χ1) is 9.63. The molecule has 1 aromatic heterocycles. The minimum absolute atomic E-state index is 0.0327. The van der Waals surface area contributed by atoms with Crippen molar-refractivity contribution >= 4 is 23.0 Å². The summed E-state index contributed by atoms with van der Waals surface area (Å²) in [5.41, 5.74) is 0.339. The van der Waals surface area contributed by atoms with E-state index >= 15 is 0 Å². The zero-order chi connectivity index (χ0) is 14.5. The second-order valence-electron chi connectivity index (χ2n) is 3.86. The number of hydrogen-bond donors (Lipinski definition) is 2. The number of amides is 1.